The van der Waals surface area contributed by atoms with Crippen LogP contribution < -0.4 is 20.1 Å². The van der Waals surface area contributed by atoms with Gasteiger partial charge in [0.1, 0.15) is 5.82 Å². The normalized spacial score (nSPS) is 18.3. The van der Waals surface area contributed by atoms with Crippen LogP contribution in [0.4, 0.5) is 5.82 Å². The van der Waals surface area contributed by atoms with Crippen molar-refractivity contribution in [2.24, 2.45) is 0 Å². The summed E-state index contributed by atoms with van der Waals surface area (Å²) in [5.74, 6) is 0.656. The van der Waals surface area contributed by atoms with Crippen LogP contribution in [0.1, 0.15) is 37.7 Å². The van der Waals surface area contributed by atoms with E-state index in [4.69, 9.17) is 9.47 Å². The molecule has 0 bridgehead atoms. The maximum atomic E-state index is 13.4. The average Bonchev–Trinajstić information content (AvgIpc) is 2.78. The number of nitrogens with one attached hydrogen (secondary N) is 2. The largest absolute Gasteiger partial charge is 0.493 e. The Kier molecular flexibility index (Phi) is 5.75. The molecule has 1 aliphatic heterocycles. The van der Waals surface area contributed by atoms with Gasteiger partial charge in [0.15, 0.2) is 17.3 Å². The number of benzene rings is 1. The van der Waals surface area contributed by atoms with Crippen molar-refractivity contribution in [1.82, 2.24) is 10.3 Å². The molecular weight excluding hydrogens is 394 g/mol. The molecule has 2 aromatic rings. The van der Waals surface area contributed by atoms with E-state index in [-0.39, 0.29) is 11.7 Å². The molecule has 4 rings (SSSR count). The Balaban J connectivity index is 1.87. The van der Waals surface area contributed by atoms with Gasteiger partial charge in [-0.25, -0.2) is 4.98 Å². The second kappa shape index (κ2) is 8.63. The number of dihydropyridines is 1. The lowest BCUT2D eigenvalue weighted by molar-refractivity contribution is -0.116. The molecule has 0 fully saturated rings. The van der Waals surface area contributed by atoms with Crippen LogP contribution in [-0.4, -0.2) is 30.9 Å². The highest BCUT2D eigenvalue weighted by Crippen LogP contribution is 2.47. The number of ether oxygens (including phenoxy) is 2. The van der Waals surface area contributed by atoms with Gasteiger partial charge in [0.05, 0.1) is 20.1 Å². The van der Waals surface area contributed by atoms with Crippen LogP contribution in [0.2, 0.25) is 0 Å². The first-order valence-corrected chi connectivity index (χ1v) is 10.2. The molecule has 1 amide bonds. The Morgan fingerprint density at radius 3 is 2.68 bits per heavy atom. The lowest BCUT2D eigenvalue weighted by Gasteiger charge is -2.35. The number of amides is 1. The summed E-state index contributed by atoms with van der Waals surface area (Å²) >= 11 is 0. The molecule has 0 spiro atoms. The van der Waals surface area contributed by atoms with Crippen LogP contribution in [0, 0.1) is 0 Å². The molecule has 1 aromatic carbocycles. The van der Waals surface area contributed by atoms with Gasteiger partial charge in [0.25, 0.3) is 5.91 Å². The highest BCUT2D eigenvalue weighted by molar-refractivity contribution is 6.09. The zero-order valence-electron chi connectivity index (χ0n) is 17.8. The highest BCUT2D eigenvalue weighted by atomic mass is 16.5. The number of para-hydroxylation sites is 1. The molecule has 2 heterocycles. The van der Waals surface area contributed by atoms with Crippen LogP contribution in [-0.2, 0) is 9.59 Å². The molecule has 0 unspecified atom stereocenters. The number of allylic oxidation sites excluding steroid dienone is 3. The molecule has 7 nitrogen and oxygen atoms in total. The van der Waals surface area contributed by atoms with Crippen molar-refractivity contribution in [2.75, 3.05) is 19.5 Å². The van der Waals surface area contributed by atoms with Crippen LogP contribution in [0.25, 0.3) is 0 Å². The molecule has 160 valence electrons. The molecule has 1 atom stereocenters. The Bertz CT molecular complexity index is 1090. The third-order valence-corrected chi connectivity index (χ3v) is 5.67. The first-order valence-electron chi connectivity index (χ1n) is 10.2. The van der Waals surface area contributed by atoms with E-state index >= 15 is 0 Å². The van der Waals surface area contributed by atoms with Gasteiger partial charge in [-0.1, -0.05) is 18.2 Å². The smallest absolute Gasteiger partial charge is 0.255 e. The van der Waals surface area contributed by atoms with E-state index in [0.717, 1.165) is 24.1 Å². The Morgan fingerprint density at radius 2 is 1.97 bits per heavy atom. The second-order valence-electron chi connectivity index (χ2n) is 7.52. The predicted octanol–water partition coefficient (Wildman–Crippen LogP) is 3.71. The summed E-state index contributed by atoms with van der Waals surface area (Å²) in [6, 6.07) is 10.8. The van der Waals surface area contributed by atoms with Crippen LogP contribution >= 0.6 is 0 Å². The van der Waals surface area contributed by atoms with E-state index in [1.807, 2.05) is 19.1 Å². The lowest BCUT2D eigenvalue weighted by Crippen LogP contribution is -2.35. The van der Waals surface area contributed by atoms with E-state index in [1.54, 1.807) is 44.7 Å². The number of rotatable bonds is 5. The van der Waals surface area contributed by atoms with Gasteiger partial charge in [0.2, 0.25) is 0 Å². The zero-order chi connectivity index (χ0) is 22.0. The number of ketones is 1. The summed E-state index contributed by atoms with van der Waals surface area (Å²) in [6.07, 6.45) is 3.62. The predicted molar refractivity (Wildman–Crippen MR) is 117 cm³/mol. The van der Waals surface area contributed by atoms with E-state index in [0.29, 0.717) is 40.6 Å². The topological polar surface area (TPSA) is 89.5 Å². The molecule has 1 aromatic heterocycles. The minimum Gasteiger partial charge on any atom is -0.493 e. The van der Waals surface area contributed by atoms with E-state index < -0.39 is 5.92 Å². The molecule has 31 heavy (non-hydrogen) atoms. The zero-order valence-corrected chi connectivity index (χ0v) is 17.8. The number of carbonyl (C=O) groups is 2. The molecule has 7 heteroatoms. The number of carbonyl (C=O) groups excluding carboxylic acids is 2. The Morgan fingerprint density at radius 1 is 1.13 bits per heavy atom. The molecule has 2 aliphatic rings. The number of hydrogen-bond acceptors (Lipinski definition) is 6. The fraction of sp³-hybridized carbons (Fsp3) is 0.292. The second-order valence-corrected chi connectivity index (χ2v) is 7.52. The van der Waals surface area contributed by atoms with Gasteiger partial charge in [-0.05, 0) is 38.0 Å². The maximum Gasteiger partial charge on any atom is 0.255 e. The van der Waals surface area contributed by atoms with Gasteiger partial charge < -0.3 is 20.1 Å². The summed E-state index contributed by atoms with van der Waals surface area (Å²) in [5.41, 5.74) is 3.38. The summed E-state index contributed by atoms with van der Waals surface area (Å²) in [5, 5.41) is 6.18. The van der Waals surface area contributed by atoms with Gasteiger partial charge in [-0.3, -0.25) is 9.59 Å². The van der Waals surface area contributed by atoms with Crippen molar-refractivity contribution in [2.45, 2.75) is 32.1 Å². The number of Topliss-reactive ketones (excluding diaryl/α,β-unsaturated/α-hetero) is 1. The number of anilines is 1. The van der Waals surface area contributed by atoms with Crippen LogP contribution in [0.15, 0.2) is 65.1 Å². The Hall–Kier alpha value is -3.61. The first-order chi connectivity index (χ1) is 15.0. The highest BCUT2D eigenvalue weighted by Gasteiger charge is 2.40. The minimum absolute atomic E-state index is 0.0410. The maximum absolute atomic E-state index is 13.4. The van der Waals surface area contributed by atoms with Crippen LogP contribution in [0.3, 0.4) is 0 Å². The SMILES string of the molecule is COc1cccc([C@@H]2C(C(=O)Nc3ccccn3)=C(C)NC3=C2C(=O)CCC3)c1OC. The number of aromatic nitrogens is 1. The van der Waals surface area contributed by atoms with Crippen molar-refractivity contribution in [1.29, 1.82) is 0 Å². The van der Waals surface area contributed by atoms with E-state index in [1.165, 1.54) is 0 Å². The molecular formula is C24H25N3O4. The van der Waals surface area contributed by atoms with Gasteiger partial charge in [0, 0.05) is 40.7 Å². The fourth-order valence-electron chi connectivity index (χ4n) is 4.35. The number of nitrogens with zero attached hydrogens (tertiary/aromatic N) is 1. The first kappa shape index (κ1) is 20.7. The quantitative estimate of drug-likeness (QED) is 0.768. The van der Waals surface area contributed by atoms with Gasteiger partial charge >= 0.3 is 0 Å². The van der Waals surface area contributed by atoms with Crippen molar-refractivity contribution in [3.8, 4) is 11.5 Å². The van der Waals surface area contributed by atoms with Crippen molar-refractivity contribution in [3.05, 3.63) is 70.7 Å². The van der Waals surface area contributed by atoms with Crippen molar-refractivity contribution in [3.63, 3.8) is 0 Å². The standard InChI is InChI=1S/C24H25N3O4/c1-14-20(24(29)27-19-12-4-5-13-25-19)21(22-16(26-14)9-7-10-17(22)28)15-8-6-11-18(30-2)23(15)31-3/h4-6,8,11-13,21,26H,7,9-10H2,1-3H3,(H,25,27,29)/t21-/m1/s1. The summed E-state index contributed by atoms with van der Waals surface area (Å²) < 4.78 is 11.2. The summed E-state index contributed by atoms with van der Waals surface area (Å²) in [4.78, 5) is 30.7. The molecule has 0 saturated carbocycles. The van der Waals surface area contributed by atoms with Crippen LogP contribution in [0.5, 0.6) is 11.5 Å². The van der Waals surface area contributed by atoms with Crippen molar-refractivity contribution >= 4 is 17.5 Å². The number of methoxy groups -OCH3 is 2. The third kappa shape index (κ3) is 3.79. The minimum atomic E-state index is -0.571. The summed E-state index contributed by atoms with van der Waals surface area (Å²) in [6.45, 7) is 1.86. The average molecular weight is 419 g/mol. The Labute approximate surface area is 181 Å². The van der Waals surface area contributed by atoms with E-state index in [9.17, 15) is 9.59 Å². The molecule has 0 radical (unpaired) electrons. The van der Waals surface area contributed by atoms with E-state index in [2.05, 4.69) is 15.6 Å². The van der Waals surface area contributed by atoms with Crippen molar-refractivity contribution < 1.29 is 19.1 Å². The molecule has 2 N–H and O–H groups in total. The summed E-state index contributed by atoms with van der Waals surface area (Å²) in [7, 11) is 3.13. The third-order valence-electron chi connectivity index (χ3n) is 5.67. The molecule has 0 saturated heterocycles. The molecule has 1 aliphatic carbocycles. The number of pyridine rings is 1. The number of hydrogen-bond donors (Lipinski definition) is 2. The van der Waals surface area contributed by atoms with Gasteiger partial charge in [-0.15, -0.1) is 0 Å². The monoisotopic (exact) mass is 419 g/mol. The lowest BCUT2D eigenvalue weighted by atomic mass is 9.74. The fourth-order valence-corrected chi connectivity index (χ4v) is 4.35. The van der Waals surface area contributed by atoms with Gasteiger partial charge in [-0.2, -0.15) is 0 Å².